The minimum atomic E-state index is 0.0498. The number of thioether (sulfide) groups is 1. The van der Waals surface area contributed by atoms with Crippen molar-refractivity contribution in [2.75, 3.05) is 18.9 Å². The molecule has 0 aliphatic carbocycles. The van der Waals surface area contributed by atoms with Gasteiger partial charge in [0.15, 0.2) is 0 Å². The van der Waals surface area contributed by atoms with Crippen molar-refractivity contribution in [2.45, 2.75) is 18.2 Å². The number of hydrogen-bond donors (Lipinski definition) is 2. The summed E-state index contributed by atoms with van der Waals surface area (Å²) in [7, 11) is 0. The van der Waals surface area contributed by atoms with Crippen LogP contribution in [0.2, 0.25) is 0 Å². The molecule has 0 fully saturated rings. The van der Waals surface area contributed by atoms with Gasteiger partial charge in [-0.05, 0) is 18.1 Å². The molecule has 17 heavy (non-hydrogen) atoms. The molecule has 2 N–H and O–H groups in total. The molecular weight excluding hydrogens is 234 g/mol. The lowest BCUT2D eigenvalue weighted by atomic mass is 10.2. The third-order valence-corrected chi connectivity index (χ3v) is 3.31. The van der Waals surface area contributed by atoms with Gasteiger partial charge in [0, 0.05) is 30.2 Å². The number of amides is 1. The fraction of sp³-hybridized carbons (Fsp3) is 0.462. The average molecular weight is 253 g/mol. The average Bonchev–Trinajstić information content (AvgIpc) is 2.37. The Hall–Kier alpha value is -1.00. The van der Waals surface area contributed by atoms with Crippen molar-refractivity contribution in [3.05, 3.63) is 30.3 Å². The van der Waals surface area contributed by atoms with Gasteiger partial charge < -0.3 is 10.4 Å². The first kappa shape index (κ1) is 14.1. The van der Waals surface area contributed by atoms with E-state index in [0.29, 0.717) is 13.0 Å². The maximum atomic E-state index is 11.4. The minimum Gasteiger partial charge on any atom is -0.396 e. The molecule has 0 aliphatic heterocycles. The van der Waals surface area contributed by atoms with Crippen LogP contribution in [-0.2, 0) is 4.79 Å². The fourth-order valence-electron chi connectivity index (χ4n) is 1.22. The van der Waals surface area contributed by atoms with Crippen LogP contribution in [0, 0.1) is 5.92 Å². The van der Waals surface area contributed by atoms with Crippen LogP contribution in [0.25, 0.3) is 0 Å². The predicted octanol–water partition coefficient (Wildman–Crippen LogP) is 1.91. The quantitative estimate of drug-likeness (QED) is 0.730. The largest absolute Gasteiger partial charge is 0.396 e. The summed E-state index contributed by atoms with van der Waals surface area (Å²) < 4.78 is 0. The Morgan fingerprint density at radius 1 is 1.41 bits per heavy atom. The van der Waals surface area contributed by atoms with Gasteiger partial charge in [0.1, 0.15) is 0 Å². The zero-order chi connectivity index (χ0) is 12.5. The van der Waals surface area contributed by atoms with Crippen LogP contribution in [-0.4, -0.2) is 29.9 Å². The molecule has 0 aliphatic rings. The van der Waals surface area contributed by atoms with Crippen LogP contribution in [0.1, 0.15) is 13.3 Å². The molecule has 1 unspecified atom stereocenters. The Morgan fingerprint density at radius 2 is 2.12 bits per heavy atom. The van der Waals surface area contributed by atoms with E-state index >= 15 is 0 Å². The van der Waals surface area contributed by atoms with Crippen molar-refractivity contribution >= 4 is 17.7 Å². The monoisotopic (exact) mass is 253 g/mol. The third-order valence-electron chi connectivity index (χ3n) is 2.30. The lowest BCUT2D eigenvalue weighted by Crippen LogP contribution is -2.29. The highest BCUT2D eigenvalue weighted by molar-refractivity contribution is 7.99. The highest BCUT2D eigenvalue weighted by Gasteiger charge is 2.04. The lowest BCUT2D eigenvalue weighted by Gasteiger charge is -2.09. The SMILES string of the molecule is CC(CO)CNC(=O)CCSc1ccccc1. The maximum absolute atomic E-state index is 11.4. The van der Waals surface area contributed by atoms with E-state index in [0.717, 1.165) is 5.75 Å². The Balaban J connectivity index is 2.12. The van der Waals surface area contributed by atoms with Crippen molar-refractivity contribution in [3.8, 4) is 0 Å². The van der Waals surface area contributed by atoms with Gasteiger partial charge in [-0.3, -0.25) is 4.79 Å². The van der Waals surface area contributed by atoms with E-state index in [1.54, 1.807) is 11.8 Å². The Kier molecular flexibility index (Phi) is 6.74. The van der Waals surface area contributed by atoms with Gasteiger partial charge in [0.2, 0.25) is 5.91 Å². The zero-order valence-corrected chi connectivity index (χ0v) is 10.9. The summed E-state index contributed by atoms with van der Waals surface area (Å²) in [5, 5.41) is 11.6. The molecular formula is C13H19NO2S. The number of rotatable bonds is 7. The number of benzene rings is 1. The van der Waals surface area contributed by atoms with Gasteiger partial charge in [-0.15, -0.1) is 11.8 Å². The molecule has 1 aromatic carbocycles. The second kappa shape index (κ2) is 8.14. The molecule has 94 valence electrons. The summed E-state index contributed by atoms with van der Waals surface area (Å²) in [6, 6.07) is 10.0. The van der Waals surface area contributed by atoms with Crippen LogP contribution < -0.4 is 5.32 Å². The van der Waals surface area contributed by atoms with E-state index in [1.165, 1.54) is 4.90 Å². The van der Waals surface area contributed by atoms with E-state index in [-0.39, 0.29) is 18.4 Å². The van der Waals surface area contributed by atoms with Crippen LogP contribution >= 0.6 is 11.8 Å². The molecule has 1 aromatic rings. The van der Waals surface area contributed by atoms with Crippen LogP contribution in [0.4, 0.5) is 0 Å². The molecule has 0 heterocycles. The number of hydrogen-bond acceptors (Lipinski definition) is 3. The minimum absolute atomic E-state index is 0.0498. The van der Waals surface area contributed by atoms with Gasteiger partial charge in [-0.25, -0.2) is 0 Å². The molecule has 0 radical (unpaired) electrons. The number of aliphatic hydroxyl groups is 1. The maximum Gasteiger partial charge on any atom is 0.220 e. The van der Waals surface area contributed by atoms with Gasteiger partial charge in [0.05, 0.1) is 0 Å². The molecule has 0 bridgehead atoms. The van der Waals surface area contributed by atoms with Gasteiger partial charge in [-0.1, -0.05) is 25.1 Å². The van der Waals surface area contributed by atoms with Gasteiger partial charge in [0.25, 0.3) is 0 Å². The van der Waals surface area contributed by atoms with Crippen LogP contribution in [0.15, 0.2) is 35.2 Å². The molecule has 1 atom stereocenters. The first-order valence-corrected chi connectivity index (χ1v) is 6.76. The van der Waals surface area contributed by atoms with E-state index in [2.05, 4.69) is 5.32 Å². The van der Waals surface area contributed by atoms with E-state index < -0.39 is 0 Å². The molecule has 0 spiro atoms. The normalized spacial score (nSPS) is 12.1. The second-order valence-electron chi connectivity index (χ2n) is 4.00. The smallest absolute Gasteiger partial charge is 0.220 e. The van der Waals surface area contributed by atoms with Crippen molar-refractivity contribution in [1.29, 1.82) is 0 Å². The standard InChI is InChI=1S/C13H19NO2S/c1-11(10-15)9-14-13(16)7-8-17-12-5-3-2-4-6-12/h2-6,11,15H,7-10H2,1H3,(H,14,16). The molecule has 0 saturated heterocycles. The molecule has 0 aromatic heterocycles. The highest BCUT2D eigenvalue weighted by Crippen LogP contribution is 2.17. The van der Waals surface area contributed by atoms with Crippen molar-refractivity contribution in [1.82, 2.24) is 5.32 Å². The molecule has 3 nitrogen and oxygen atoms in total. The summed E-state index contributed by atoms with van der Waals surface area (Å²) in [6.07, 6.45) is 0.512. The molecule has 0 saturated carbocycles. The number of carbonyl (C=O) groups is 1. The first-order valence-electron chi connectivity index (χ1n) is 5.77. The van der Waals surface area contributed by atoms with Crippen molar-refractivity contribution < 1.29 is 9.90 Å². The first-order chi connectivity index (χ1) is 8.22. The number of carbonyl (C=O) groups excluding carboxylic acids is 1. The summed E-state index contributed by atoms with van der Waals surface area (Å²) in [6.45, 7) is 2.56. The highest BCUT2D eigenvalue weighted by atomic mass is 32.2. The summed E-state index contributed by atoms with van der Waals surface area (Å²) in [4.78, 5) is 12.6. The molecule has 4 heteroatoms. The second-order valence-corrected chi connectivity index (χ2v) is 5.17. The fourth-order valence-corrected chi connectivity index (χ4v) is 2.09. The van der Waals surface area contributed by atoms with Crippen LogP contribution in [0.5, 0.6) is 0 Å². The number of aliphatic hydroxyl groups excluding tert-OH is 1. The lowest BCUT2D eigenvalue weighted by molar-refractivity contribution is -0.120. The van der Waals surface area contributed by atoms with Gasteiger partial charge >= 0.3 is 0 Å². The topological polar surface area (TPSA) is 49.3 Å². The Labute approximate surface area is 107 Å². The predicted molar refractivity (Wildman–Crippen MR) is 71.0 cm³/mol. The zero-order valence-electron chi connectivity index (χ0n) is 10.1. The van der Waals surface area contributed by atoms with Gasteiger partial charge in [-0.2, -0.15) is 0 Å². The summed E-state index contributed by atoms with van der Waals surface area (Å²) in [5.41, 5.74) is 0. The summed E-state index contributed by atoms with van der Waals surface area (Å²) >= 11 is 1.68. The van der Waals surface area contributed by atoms with Crippen molar-refractivity contribution in [2.24, 2.45) is 5.92 Å². The Bertz CT molecular complexity index is 329. The summed E-state index contributed by atoms with van der Waals surface area (Å²) in [5.74, 6) is 0.957. The molecule has 1 amide bonds. The van der Waals surface area contributed by atoms with E-state index in [9.17, 15) is 4.79 Å². The van der Waals surface area contributed by atoms with E-state index in [4.69, 9.17) is 5.11 Å². The van der Waals surface area contributed by atoms with E-state index in [1.807, 2.05) is 37.3 Å². The number of nitrogens with one attached hydrogen (secondary N) is 1. The Morgan fingerprint density at radius 3 is 2.76 bits per heavy atom. The van der Waals surface area contributed by atoms with Crippen molar-refractivity contribution in [3.63, 3.8) is 0 Å². The third kappa shape index (κ3) is 6.34. The molecule has 1 rings (SSSR count). The van der Waals surface area contributed by atoms with Crippen LogP contribution in [0.3, 0.4) is 0 Å².